The lowest BCUT2D eigenvalue weighted by atomic mass is 10.2. The Balaban J connectivity index is 2.42. The fourth-order valence-corrected chi connectivity index (χ4v) is 2.52. The van der Waals surface area contributed by atoms with Crippen molar-refractivity contribution in [1.82, 2.24) is 10.2 Å². The van der Waals surface area contributed by atoms with Gasteiger partial charge in [0.2, 0.25) is 0 Å². The van der Waals surface area contributed by atoms with E-state index >= 15 is 0 Å². The number of nitrogens with two attached hydrogens (primary N) is 1. The first-order valence-electron chi connectivity index (χ1n) is 5.54. The van der Waals surface area contributed by atoms with E-state index in [9.17, 15) is 0 Å². The minimum absolute atomic E-state index is 0.573. The fourth-order valence-electron chi connectivity index (χ4n) is 1.64. The molecule has 2 N–H and O–H groups in total. The number of para-hydroxylation sites is 1. The van der Waals surface area contributed by atoms with Crippen LogP contribution in [0.3, 0.4) is 0 Å². The van der Waals surface area contributed by atoms with Crippen LogP contribution < -0.4 is 15.2 Å². The standard InChI is InChI=1S/C12H15N3O2S/c1-16-9-5-3-4-8(11(9)17-2)12-15-14-10(18-12)6-7-13/h3-5H,6-7,13H2,1-2H3. The summed E-state index contributed by atoms with van der Waals surface area (Å²) >= 11 is 1.52. The fraction of sp³-hybridized carbons (Fsp3) is 0.333. The van der Waals surface area contributed by atoms with E-state index in [2.05, 4.69) is 10.2 Å². The van der Waals surface area contributed by atoms with E-state index in [0.717, 1.165) is 22.0 Å². The Labute approximate surface area is 110 Å². The molecule has 2 aromatic rings. The lowest BCUT2D eigenvalue weighted by Crippen LogP contribution is -2.01. The second-order valence-electron chi connectivity index (χ2n) is 3.58. The smallest absolute Gasteiger partial charge is 0.171 e. The third-order valence-corrected chi connectivity index (χ3v) is 3.47. The highest BCUT2D eigenvalue weighted by Gasteiger charge is 2.15. The zero-order valence-electron chi connectivity index (χ0n) is 10.3. The van der Waals surface area contributed by atoms with Gasteiger partial charge in [0, 0.05) is 6.42 Å². The maximum absolute atomic E-state index is 5.50. The van der Waals surface area contributed by atoms with E-state index in [1.165, 1.54) is 11.3 Å². The quantitative estimate of drug-likeness (QED) is 0.891. The van der Waals surface area contributed by atoms with Gasteiger partial charge in [0.25, 0.3) is 0 Å². The molecular formula is C12H15N3O2S. The average molecular weight is 265 g/mol. The van der Waals surface area contributed by atoms with Gasteiger partial charge in [0.1, 0.15) is 5.01 Å². The molecule has 0 amide bonds. The lowest BCUT2D eigenvalue weighted by molar-refractivity contribution is 0.356. The van der Waals surface area contributed by atoms with Crippen molar-refractivity contribution in [2.24, 2.45) is 5.73 Å². The van der Waals surface area contributed by atoms with Crippen LogP contribution in [0.5, 0.6) is 11.5 Å². The maximum Gasteiger partial charge on any atom is 0.171 e. The Hall–Kier alpha value is -1.66. The third-order valence-electron chi connectivity index (χ3n) is 2.46. The summed E-state index contributed by atoms with van der Waals surface area (Å²) in [5, 5.41) is 10.0. The Morgan fingerprint density at radius 2 is 2.06 bits per heavy atom. The number of nitrogens with zero attached hydrogens (tertiary/aromatic N) is 2. The molecule has 5 nitrogen and oxygen atoms in total. The van der Waals surface area contributed by atoms with Crippen molar-refractivity contribution in [2.75, 3.05) is 20.8 Å². The van der Waals surface area contributed by atoms with Gasteiger partial charge in [-0.25, -0.2) is 0 Å². The van der Waals surface area contributed by atoms with Crippen LogP contribution in [0.4, 0.5) is 0 Å². The van der Waals surface area contributed by atoms with Crippen molar-refractivity contribution in [3.8, 4) is 22.1 Å². The van der Waals surface area contributed by atoms with Crippen molar-refractivity contribution in [3.63, 3.8) is 0 Å². The molecule has 18 heavy (non-hydrogen) atoms. The highest BCUT2D eigenvalue weighted by molar-refractivity contribution is 7.14. The van der Waals surface area contributed by atoms with Crippen molar-refractivity contribution in [2.45, 2.75) is 6.42 Å². The van der Waals surface area contributed by atoms with Crippen LogP contribution >= 0.6 is 11.3 Å². The molecule has 0 spiro atoms. The largest absolute Gasteiger partial charge is 0.493 e. The minimum Gasteiger partial charge on any atom is -0.493 e. The number of hydrogen-bond donors (Lipinski definition) is 1. The lowest BCUT2D eigenvalue weighted by Gasteiger charge is -2.10. The molecule has 2 rings (SSSR count). The van der Waals surface area contributed by atoms with Gasteiger partial charge in [0.05, 0.1) is 19.8 Å². The molecule has 0 saturated heterocycles. The van der Waals surface area contributed by atoms with Crippen LogP contribution in [0.2, 0.25) is 0 Å². The zero-order chi connectivity index (χ0) is 13.0. The molecule has 0 fully saturated rings. The van der Waals surface area contributed by atoms with Crippen LogP contribution in [-0.2, 0) is 6.42 Å². The van der Waals surface area contributed by atoms with Crippen LogP contribution in [0.1, 0.15) is 5.01 Å². The number of aromatic nitrogens is 2. The molecular weight excluding hydrogens is 250 g/mol. The second kappa shape index (κ2) is 5.79. The minimum atomic E-state index is 0.573. The van der Waals surface area contributed by atoms with Gasteiger partial charge in [0.15, 0.2) is 16.5 Å². The molecule has 6 heteroatoms. The van der Waals surface area contributed by atoms with Crippen molar-refractivity contribution in [3.05, 3.63) is 23.2 Å². The van der Waals surface area contributed by atoms with Gasteiger partial charge in [-0.3, -0.25) is 0 Å². The average Bonchev–Trinajstić information content (AvgIpc) is 2.86. The predicted molar refractivity (Wildman–Crippen MR) is 71.2 cm³/mol. The van der Waals surface area contributed by atoms with Crippen molar-refractivity contribution < 1.29 is 9.47 Å². The Morgan fingerprint density at radius 1 is 1.22 bits per heavy atom. The first-order chi connectivity index (χ1) is 8.80. The normalized spacial score (nSPS) is 10.4. The van der Waals surface area contributed by atoms with E-state index in [4.69, 9.17) is 15.2 Å². The molecule has 0 bridgehead atoms. The van der Waals surface area contributed by atoms with Gasteiger partial charge in [-0.05, 0) is 18.7 Å². The monoisotopic (exact) mass is 265 g/mol. The van der Waals surface area contributed by atoms with Gasteiger partial charge in [-0.2, -0.15) is 0 Å². The molecule has 0 atom stereocenters. The van der Waals surface area contributed by atoms with Crippen molar-refractivity contribution >= 4 is 11.3 Å². The molecule has 96 valence electrons. The molecule has 0 aliphatic rings. The number of benzene rings is 1. The summed E-state index contributed by atoms with van der Waals surface area (Å²) in [4.78, 5) is 0. The highest BCUT2D eigenvalue weighted by Crippen LogP contribution is 2.38. The maximum atomic E-state index is 5.50. The first kappa shape index (κ1) is 12.8. The summed E-state index contributed by atoms with van der Waals surface area (Å²) in [6.07, 6.45) is 0.740. The van der Waals surface area contributed by atoms with Gasteiger partial charge >= 0.3 is 0 Å². The van der Waals surface area contributed by atoms with E-state index in [1.54, 1.807) is 14.2 Å². The summed E-state index contributed by atoms with van der Waals surface area (Å²) in [6.45, 7) is 0.573. The van der Waals surface area contributed by atoms with Crippen LogP contribution in [0.15, 0.2) is 18.2 Å². The van der Waals surface area contributed by atoms with Crippen LogP contribution in [0.25, 0.3) is 10.6 Å². The highest BCUT2D eigenvalue weighted by atomic mass is 32.1. The summed E-state index contributed by atoms with van der Waals surface area (Å²) in [5.41, 5.74) is 6.39. The van der Waals surface area contributed by atoms with Gasteiger partial charge < -0.3 is 15.2 Å². The summed E-state index contributed by atoms with van der Waals surface area (Å²) in [6, 6.07) is 5.69. The molecule has 1 aromatic carbocycles. The van der Waals surface area contributed by atoms with E-state index in [0.29, 0.717) is 18.0 Å². The van der Waals surface area contributed by atoms with Gasteiger partial charge in [-0.1, -0.05) is 17.4 Å². The van der Waals surface area contributed by atoms with E-state index in [-0.39, 0.29) is 0 Å². The molecule has 0 saturated carbocycles. The summed E-state index contributed by atoms with van der Waals surface area (Å²) in [7, 11) is 3.23. The van der Waals surface area contributed by atoms with E-state index < -0.39 is 0 Å². The predicted octanol–water partition coefficient (Wildman–Crippen LogP) is 1.72. The number of ether oxygens (including phenoxy) is 2. The first-order valence-corrected chi connectivity index (χ1v) is 6.35. The third kappa shape index (κ3) is 2.44. The van der Waals surface area contributed by atoms with E-state index in [1.807, 2.05) is 18.2 Å². The Kier molecular flexibility index (Phi) is 4.11. The molecule has 0 aliphatic carbocycles. The number of methoxy groups -OCH3 is 2. The van der Waals surface area contributed by atoms with Crippen LogP contribution in [0, 0.1) is 0 Å². The molecule has 0 radical (unpaired) electrons. The van der Waals surface area contributed by atoms with Crippen molar-refractivity contribution in [1.29, 1.82) is 0 Å². The molecule has 1 heterocycles. The summed E-state index contributed by atoms with van der Waals surface area (Å²) in [5.74, 6) is 1.36. The van der Waals surface area contributed by atoms with Crippen LogP contribution in [-0.4, -0.2) is 31.0 Å². The molecule has 1 aromatic heterocycles. The number of hydrogen-bond acceptors (Lipinski definition) is 6. The Morgan fingerprint density at radius 3 is 2.72 bits per heavy atom. The number of rotatable bonds is 5. The molecule has 0 unspecified atom stereocenters. The Bertz CT molecular complexity index is 528. The topological polar surface area (TPSA) is 70.3 Å². The zero-order valence-corrected chi connectivity index (χ0v) is 11.2. The SMILES string of the molecule is COc1cccc(-c2nnc(CCN)s2)c1OC. The van der Waals surface area contributed by atoms with Gasteiger partial charge in [-0.15, -0.1) is 10.2 Å². The summed E-state index contributed by atoms with van der Waals surface area (Å²) < 4.78 is 10.6. The molecule has 0 aliphatic heterocycles. The second-order valence-corrected chi connectivity index (χ2v) is 4.64.